The van der Waals surface area contributed by atoms with Gasteiger partial charge in [-0.1, -0.05) is 6.08 Å². The largest absolute Gasteiger partial charge is 0.144 e. The maximum absolute atomic E-state index is 5.81. The molecule has 0 aromatic carbocycles. The molecule has 1 aliphatic carbocycles. The van der Waals surface area contributed by atoms with Gasteiger partial charge in [0.2, 0.25) is 0 Å². The van der Waals surface area contributed by atoms with Gasteiger partial charge < -0.3 is 0 Å². The number of thiophene rings is 1. The van der Waals surface area contributed by atoms with Crippen LogP contribution in [0.1, 0.15) is 34.6 Å². The molecule has 0 N–H and O–H groups in total. The first-order valence-corrected chi connectivity index (χ1v) is 6.01. The molecule has 0 aliphatic heterocycles. The Balaban J connectivity index is 2.33. The van der Waals surface area contributed by atoms with Crippen LogP contribution in [0.4, 0.5) is 0 Å². The van der Waals surface area contributed by atoms with Crippen LogP contribution in [0, 0.1) is 6.92 Å². The summed E-state index contributed by atoms with van der Waals surface area (Å²) in [6.45, 7) is 2.19. The van der Waals surface area contributed by atoms with Gasteiger partial charge in [0.15, 0.2) is 0 Å². The van der Waals surface area contributed by atoms with Crippen molar-refractivity contribution in [1.82, 2.24) is 0 Å². The molecule has 70 valence electrons. The zero-order valence-electron chi connectivity index (χ0n) is 7.77. The maximum Gasteiger partial charge on any atom is 0.0568 e. The summed E-state index contributed by atoms with van der Waals surface area (Å²) in [5, 5.41) is 0. The molecule has 1 heterocycles. The minimum Gasteiger partial charge on any atom is -0.144 e. The fourth-order valence-corrected chi connectivity index (χ4v) is 3.01. The lowest BCUT2D eigenvalue weighted by atomic mass is 10.1. The van der Waals surface area contributed by atoms with Crippen LogP contribution in [-0.4, -0.2) is 0 Å². The molecule has 0 fully saturated rings. The Hall–Kier alpha value is -0.270. The quantitative estimate of drug-likeness (QED) is 0.639. The average molecular weight is 213 g/mol. The highest BCUT2D eigenvalue weighted by Crippen LogP contribution is 2.34. The lowest BCUT2D eigenvalue weighted by molar-refractivity contribution is 0.935. The van der Waals surface area contributed by atoms with E-state index in [9.17, 15) is 0 Å². The SMILES string of the molecule is Cc1sc(CCl)cc1C1=CCCC1. The highest BCUT2D eigenvalue weighted by Gasteiger charge is 2.12. The topological polar surface area (TPSA) is 0 Å². The molecule has 2 rings (SSSR count). The van der Waals surface area contributed by atoms with Crippen LogP contribution in [-0.2, 0) is 5.88 Å². The lowest BCUT2D eigenvalue weighted by Crippen LogP contribution is -1.78. The van der Waals surface area contributed by atoms with Crippen LogP contribution in [0.5, 0.6) is 0 Å². The molecule has 0 radical (unpaired) electrons. The van der Waals surface area contributed by atoms with Crippen LogP contribution < -0.4 is 0 Å². The van der Waals surface area contributed by atoms with Gasteiger partial charge in [-0.15, -0.1) is 22.9 Å². The highest BCUT2D eigenvalue weighted by molar-refractivity contribution is 7.12. The van der Waals surface area contributed by atoms with Crippen molar-refractivity contribution in [2.45, 2.75) is 32.1 Å². The van der Waals surface area contributed by atoms with Crippen LogP contribution in [0.15, 0.2) is 12.1 Å². The Kier molecular flexibility index (Phi) is 2.75. The number of aryl methyl sites for hydroxylation is 1. The first-order chi connectivity index (χ1) is 6.31. The number of hydrogen-bond donors (Lipinski definition) is 0. The Morgan fingerprint density at radius 3 is 2.92 bits per heavy atom. The Labute approximate surface area is 88.2 Å². The van der Waals surface area contributed by atoms with Gasteiger partial charge in [0.1, 0.15) is 0 Å². The third-order valence-corrected chi connectivity index (χ3v) is 3.98. The van der Waals surface area contributed by atoms with E-state index in [1.165, 1.54) is 40.2 Å². The van der Waals surface area contributed by atoms with Gasteiger partial charge in [-0.3, -0.25) is 0 Å². The summed E-state index contributed by atoms with van der Waals surface area (Å²) in [4.78, 5) is 2.71. The minimum absolute atomic E-state index is 0.652. The number of rotatable bonds is 2. The van der Waals surface area contributed by atoms with Crippen molar-refractivity contribution in [3.63, 3.8) is 0 Å². The van der Waals surface area contributed by atoms with E-state index in [0.717, 1.165) is 0 Å². The predicted octanol–water partition coefficient (Wildman–Crippen LogP) is 4.36. The molecule has 0 spiro atoms. The second-order valence-electron chi connectivity index (χ2n) is 3.44. The minimum atomic E-state index is 0.652. The van der Waals surface area contributed by atoms with Gasteiger partial charge in [-0.25, -0.2) is 0 Å². The predicted molar refractivity (Wildman–Crippen MR) is 60.4 cm³/mol. The molecule has 1 aliphatic rings. The van der Waals surface area contributed by atoms with Crippen LogP contribution in [0.2, 0.25) is 0 Å². The van der Waals surface area contributed by atoms with Crippen LogP contribution >= 0.6 is 22.9 Å². The summed E-state index contributed by atoms with van der Waals surface area (Å²) in [5.41, 5.74) is 2.98. The van der Waals surface area contributed by atoms with Crippen LogP contribution in [0.3, 0.4) is 0 Å². The second kappa shape index (κ2) is 3.85. The van der Waals surface area contributed by atoms with Gasteiger partial charge in [0.25, 0.3) is 0 Å². The molecule has 2 heteroatoms. The standard InChI is InChI=1S/C11H13ClS/c1-8-11(6-10(7-12)13-8)9-4-2-3-5-9/h4,6H,2-3,5,7H2,1H3. The molecular formula is C11H13ClS. The van der Waals surface area contributed by atoms with Gasteiger partial charge in [-0.05, 0) is 43.4 Å². The number of allylic oxidation sites excluding steroid dienone is 2. The van der Waals surface area contributed by atoms with E-state index in [-0.39, 0.29) is 0 Å². The van der Waals surface area contributed by atoms with Gasteiger partial charge in [0, 0.05) is 9.75 Å². The van der Waals surface area contributed by atoms with Gasteiger partial charge >= 0.3 is 0 Å². The summed E-state index contributed by atoms with van der Waals surface area (Å²) in [7, 11) is 0. The fraction of sp³-hybridized carbons (Fsp3) is 0.455. The van der Waals surface area contributed by atoms with E-state index in [4.69, 9.17) is 11.6 Å². The molecule has 0 bridgehead atoms. The van der Waals surface area contributed by atoms with Crippen molar-refractivity contribution in [2.75, 3.05) is 0 Å². The van der Waals surface area contributed by atoms with Crippen molar-refractivity contribution >= 4 is 28.5 Å². The summed E-state index contributed by atoms with van der Waals surface area (Å²) >= 11 is 7.64. The van der Waals surface area contributed by atoms with Crippen molar-refractivity contribution < 1.29 is 0 Å². The van der Waals surface area contributed by atoms with Crippen molar-refractivity contribution in [3.05, 3.63) is 27.5 Å². The summed E-state index contributed by atoms with van der Waals surface area (Å²) in [6.07, 6.45) is 6.19. The molecule has 0 saturated heterocycles. The number of hydrogen-bond acceptors (Lipinski definition) is 1. The number of halogens is 1. The van der Waals surface area contributed by atoms with Crippen molar-refractivity contribution in [1.29, 1.82) is 0 Å². The Morgan fingerprint density at radius 1 is 1.54 bits per heavy atom. The summed E-state index contributed by atoms with van der Waals surface area (Å²) in [5.74, 6) is 0.652. The van der Waals surface area contributed by atoms with E-state index in [2.05, 4.69) is 19.1 Å². The van der Waals surface area contributed by atoms with Crippen molar-refractivity contribution in [2.24, 2.45) is 0 Å². The molecule has 0 nitrogen and oxygen atoms in total. The van der Waals surface area contributed by atoms with Gasteiger partial charge in [0.05, 0.1) is 5.88 Å². The molecule has 1 aromatic heterocycles. The van der Waals surface area contributed by atoms with E-state index in [1.54, 1.807) is 0 Å². The van der Waals surface area contributed by atoms with E-state index < -0.39 is 0 Å². The molecule has 0 saturated carbocycles. The van der Waals surface area contributed by atoms with Gasteiger partial charge in [-0.2, -0.15) is 0 Å². The second-order valence-corrected chi connectivity index (χ2v) is 5.05. The number of alkyl halides is 1. The Morgan fingerprint density at radius 2 is 2.38 bits per heavy atom. The molecule has 0 unspecified atom stereocenters. The van der Waals surface area contributed by atoms with E-state index >= 15 is 0 Å². The smallest absolute Gasteiger partial charge is 0.0568 e. The molecule has 0 amide bonds. The lowest BCUT2D eigenvalue weighted by Gasteiger charge is -1.98. The molecule has 0 atom stereocenters. The molecule has 1 aromatic rings. The first kappa shape index (κ1) is 9.29. The average Bonchev–Trinajstić information content (AvgIpc) is 2.72. The molecular weight excluding hydrogens is 200 g/mol. The molecule has 13 heavy (non-hydrogen) atoms. The van der Waals surface area contributed by atoms with E-state index in [1.807, 2.05) is 11.3 Å². The third-order valence-electron chi connectivity index (χ3n) is 2.49. The normalized spacial score (nSPS) is 16.3. The third kappa shape index (κ3) is 1.82. The summed E-state index contributed by atoms with van der Waals surface area (Å²) < 4.78 is 0. The Bertz CT molecular complexity index is 336. The van der Waals surface area contributed by atoms with E-state index in [0.29, 0.717) is 5.88 Å². The highest BCUT2D eigenvalue weighted by atomic mass is 35.5. The van der Waals surface area contributed by atoms with Crippen LogP contribution in [0.25, 0.3) is 5.57 Å². The zero-order valence-corrected chi connectivity index (χ0v) is 9.34. The van der Waals surface area contributed by atoms with Crippen molar-refractivity contribution in [3.8, 4) is 0 Å². The summed E-state index contributed by atoms with van der Waals surface area (Å²) in [6, 6.07) is 2.25. The zero-order chi connectivity index (χ0) is 9.26. The maximum atomic E-state index is 5.81. The monoisotopic (exact) mass is 212 g/mol. The fourth-order valence-electron chi connectivity index (χ4n) is 1.84. The first-order valence-electron chi connectivity index (χ1n) is 4.66.